The minimum atomic E-state index is -0.724. The Kier molecular flexibility index (Phi) is 6.87. The highest BCUT2D eigenvalue weighted by Gasteiger charge is 2.28. The van der Waals surface area contributed by atoms with Crippen LogP contribution < -0.4 is 9.64 Å². The molecule has 0 saturated carbocycles. The Morgan fingerprint density at radius 3 is 2.50 bits per heavy atom. The SMILES string of the molecule is CCC(C(=O)O)N1CCN(c2ccccc2OCCN(C)C)CC1. The maximum absolute atomic E-state index is 11.3. The van der Waals surface area contributed by atoms with Gasteiger partial charge < -0.3 is 19.6 Å². The molecule has 1 aromatic carbocycles. The number of piperazine rings is 1. The van der Waals surface area contributed by atoms with E-state index in [1.54, 1.807) is 0 Å². The molecule has 134 valence electrons. The molecule has 1 aliphatic rings. The lowest BCUT2D eigenvalue weighted by molar-refractivity contribution is -0.143. The van der Waals surface area contributed by atoms with Crippen molar-refractivity contribution in [1.29, 1.82) is 0 Å². The summed E-state index contributed by atoms with van der Waals surface area (Å²) in [6, 6.07) is 7.71. The van der Waals surface area contributed by atoms with Gasteiger partial charge in [-0.25, -0.2) is 0 Å². The standard InChI is InChI=1S/C18H29N3O3/c1-4-15(18(22)23)20-9-11-21(12-10-20)16-7-5-6-8-17(16)24-14-13-19(2)3/h5-8,15H,4,9-14H2,1-3H3,(H,22,23). The molecule has 1 unspecified atom stereocenters. The van der Waals surface area contributed by atoms with Gasteiger partial charge in [-0.2, -0.15) is 0 Å². The third kappa shape index (κ3) is 4.85. The number of ether oxygens (including phenoxy) is 1. The highest BCUT2D eigenvalue weighted by molar-refractivity contribution is 5.73. The van der Waals surface area contributed by atoms with Crippen molar-refractivity contribution >= 4 is 11.7 Å². The van der Waals surface area contributed by atoms with Crippen LogP contribution in [0.2, 0.25) is 0 Å². The summed E-state index contributed by atoms with van der Waals surface area (Å²) >= 11 is 0. The van der Waals surface area contributed by atoms with Crippen LogP contribution in [0, 0.1) is 0 Å². The summed E-state index contributed by atoms with van der Waals surface area (Å²) in [6.07, 6.45) is 0.638. The number of hydrogen-bond acceptors (Lipinski definition) is 5. The first-order valence-corrected chi connectivity index (χ1v) is 8.61. The first-order valence-electron chi connectivity index (χ1n) is 8.61. The largest absolute Gasteiger partial charge is 0.490 e. The maximum atomic E-state index is 11.3. The lowest BCUT2D eigenvalue weighted by Gasteiger charge is -2.39. The number of carboxylic acid groups (broad SMARTS) is 1. The van der Waals surface area contributed by atoms with Gasteiger partial charge in [0.1, 0.15) is 18.4 Å². The summed E-state index contributed by atoms with van der Waals surface area (Å²) in [5.41, 5.74) is 1.10. The number of benzene rings is 1. The lowest BCUT2D eigenvalue weighted by atomic mass is 10.1. The second-order valence-corrected chi connectivity index (χ2v) is 6.40. The number of para-hydroxylation sites is 2. The van der Waals surface area contributed by atoms with Gasteiger partial charge in [-0.3, -0.25) is 9.69 Å². The zero-order chi connectivity index (χ0) is 17.5. The van der Waals surface area contributed by atoms with Crippen molar-refractivity contribution < 1.29 is 14.6 Å². The fourth-order valence-corrected chi connectivity index (χ4v) is 3.04. The predicted octanol–water partition coefficient (Wildman–Crippen LogP) is 1.61. The van der Waals surface area contributed by atoms with Crippen LogP contribution >= 0.6 is 0 Å². The lowest BCUT2D eigenvalue weighted by Crippen LogP contribution is -2.52. The molecule has 6 heteroatoms. The van der Waals surface area contributed by atoms with Gasteiger partial charge in [0.15, 0.2) is 0 Å². The average Bonchev–Trinajstić information content (AvgIpc) is 2.56. The van der Waals surface area contributed by atoms with Crippen molar-refractivity contribution in [3.63, 3.8) is 0 Å². The van der Waals surface area contributed by atoms with E-state index in [1.807, 2.05) is 39.2 Å². The van der Waals surface area contributed by atoms with Gasteiger partial charge in [0.2, 0.25) is 0 Å². The number of aliphatic carboxylic acids is 1. The zero-order valence-electron chi connectivity index (χ0n) is 14.9. The molecular formula is C18H29N3O3. The molecule has 0 radical (unpaired) electrons. The minimum Gasteiger partial charge on any atom is -0.490 e. The molecule has 0 spiro atoms. The molecule has 1 N–H and O–H groups in total. The normalized spacial score (nSPS) is 17.1. The molecule has 0 amide bonds. The van der Waals surface area contributed by atoms with Gasteiger partial charge in [0, 0.05) is 32.7 Å². The van der Waals surface area contributed by atoms with Crippen molar-refractivity contribution in [3.8, 4) is 5.75 Å². The molecule has 24 heavy (non-hydrogen) atoms. The monoisotopic (exact) mass is 335 g/mol. The molecule has 6 nitrogen and oxygen atoms in total. The number of carbonyl (C=O) groups is 1. The van der Waals surface area contributed by atoms with E-state index in [4.69, 9.17) is 4.74 Å². The van der Waals surface area contributed by atoms with Gasteiger partial charge >= 0.3 is 5.97 Å². The van der Waals surface area contributed by atoms with Crippen LogP contribution in [0.3, 0.4) is 0 Å². The smallest absolute Gasteiger partial charge is 0.320 e. The minimum absolute atomic E-state index is 0.376. The number of hydrogen-bond donors (Lipinski definition) is 1. The topological polar surface area (TPSA) is 56.3 Å². The Balaban J connectivity index is 1.97. The van der Waals surface area contributed by atoms with Crippen molar-refractivity contribution in [3.05, 3.63) is 24.3 Å². The average molecular weight is 335 g/mol. The number of carboxylic acids is 1. The molecule has 1 heterocycles. The summed E-state index contributed by atoms with van der Waals surface area (Å²) in [5.74, 6) is 0.177. The molecule has 2 rings (SSSR count). The van der Waals surface area contributed by atoms with Crippen LogP contribution in [0.4, 0.5) is 5.69 Å². The van der Waals surface area contributed by atoms with Gasteiger partial charge in [0.05, 0.1) is 5.69 Å². The third-order valence-electron chi connectivity index (χ3n) is 4.43. The highest BCUT2D eigenvalue weighted by atomic mass is 16.5. The van der Waals surface area contributed by atoms with Crippen LogP contribution in [0.25, 0.3) is 0 Å². The Morgan fingerprint density at radius 1 is 1.25 bits per heavy atom. The van der Waals surface area contributed by atoms with Crippen molar-refractivity contribution in [2.24, 2.45) is 0 Å². The van der Waals surface area contributed by atoms with Crippen LogP contribution in [0.1, 0.15) is 13.3 Å². The fraction of sp³-hybridized carbons (Fsp3) is 0.611. The first kappa shape index (κ1) is 18.5. The summed E-state index contributed by atoms with van der Waals surface area (Å²) in [4.78, 5) is 17.8. The molecule has 1 aromatic rings. The van der Waals surface area contributed by atoms with Gasteiger partial charge in [-0.1, -0.05) is 19.1 Å². The number of likely N-dealkylation sites (N-methyl/N-ethyl adjacent to an activating group) is 1. The van der Waals surface area contributed by atoms with Crippen LogP contribution in [0.15, 0.2) is 24.3 Å². The van der Waals surface area contributed by atoms with E-state index in [0.29, 0.717) is 13.0 Å². The Morgan fingerprint density at radius 2 is 1.92 bits per heavy atom. The molecule has 0 aliphatic carbocycles. The molecule has 1 fully saturated rings. The molecule has 1 aliphatic heterocycles. The Labute approximate surface area is 144 Å². The maximum Gasteiger partial charge on any atom is 0.320 e. The van der Waals surface area contributed by atoms with Gasteiger partial charge in [0.25, 0.3) is 0 Å². The number of nitrogens with zero attached hydrogens (tertiary/aromatic N) is 3. The summed E-state index contributed by atoms with van der Waals surface area (Å²) in [6.45, 7) is 6.61. The Hall–Kier alpha value is -1.79. The first-order chi connectivity index (χ1) is 11.5. The van der Waals surface area contributed by atoms with E-state index in [1.165, 1.54) is 0 Å². The zero-order valence-corrected chi connectivity index (χ0v) is 14.9. The fourth-order valence-electron chi connectivity index (χ4n) is 3.04. The molecular weight excluding hydrogens is 306 g/mol. The Bertz CT molecular complexity index is 528. The second-order valence-electron chi connectivity index (χ2n) is 6.40. The molecule has 0 bridgehead atoms. The van der Waals surface area contributed by atoms with E-state index in [9.17, 15) is 9.90 Å². The van der Waals surface area contributed by atoms with Gasteiger partial charge in [-0.15, -0.1) is 0 Å². The van der Waals surface area contributed by atoms with Gasteiger partial charge in [-0.05, 0) is 32.6 Å². The van der Waals surface area contributed by atoms with E-state index < -0.39 is 5.97 Å². The van der Waals surface area contributed by atoms with Crippen LogP contribution in [0.5, 0.6) is 5.75 Å². The van der Waals surface area contributed by atoms with Crippen molar-refractivity contribution in [2.75, 3.05) is 58.3 Å². The third-order valence-corrected chi connectivity index (χ3v) is 4.43. The van der Waals surface area contributed by atoms with Crippen molar-refractivity contribution in [1.82, 2.24) is 9.80 Å². The molecule has 1 saturated heterocycles. The van der Waals surface area contributed by atoms with E-state index in [2.05, 4.69) is 20.8 Å². The number of rotatable bonds is 8. The van der Waals surface area contributed by atoms with E-state index in [0.717, 1.165) is 44.2 Å². The highest BCUT2D eigenvalue weighted by Crippen LogP contribution is 2.29. The van der Waals surface area contributed by atoms with E-state index >= 15 is 0 Å². The van der Waals surface area contributed by atoms with E-state index in [-0.39, 0.29) is 6.04 Å². The quantitative estimate of drug-likeness (QED) is 0.779. The molecule has 0 aromatic heterocycles. The number of anilines is 1. The second kappa shape index (κ2) is 8.89. The molecule has 1 atom stereocenters. The van der Waals surface area contributed by atoms with Crippen molar-refractivity contribution in [2.45, 2.75) is 19.4 Å². The summed E-state index contributed by atoms with van der Waals surface area (Å²) in [5, 5.41) is 9.32. The summed E-state index contributed by atoms with van der Waals surface area (Å²) < 4.78 is 5.94. The summed E-state index contributed by atoms with van der Waals surface area (Å²) in [7, 11) is 4.06. The predicted molar refractivity (Wildman–Crippen MR) is 96.0 cm³/mol. The van der Waals surface area contributed by atoms with Crippen LogP contribution in [-0.4, -0.2) is 80.3 Å². The van der Waals surface area contributed by atoms with Crippen LogP contribution in [-0.2, 0) is 4.79 Å².